The molecule has 0 unspecified atom stereocenters. The predicted octanol–water partition coefficient (Wildman–Crippen LogP) is 0.654. The Bertz CT molecular complexity index is 179. The summed E-state index contributed by atoms with van der Waals surface area (Å²) in [5, 5.41) is 17.6. The van der Waals surface area contributed by atoms with Gasteiger partial charge in [0, 0.05) is 0 Å². The van der Waals surface area contributed by atoms with Crippen molar-refractivity contribution in [1.29, 1.82) is 0 Å². The fraction of sp³-hybridized carbons (Fsp3) is 1.00. The van der Waals surface area contributed by atoms with Crippen LogP contribution in [0.4, 0.5) is 0 Å². The van der Waals surface area contributed by atoms with Gasteiger partial charge in [-0.3, -0.25) is 0 Å². The lowest BCUT2D eigenvalue weighted by molar-refractivity contribution is 0.0417. The maximum atomic E-state index is 9.04. The fourth-order valence-corrected chi connectivity index (χ4v) is 2.68. The molecule has 0 aromatic heterocycles. The van der Waals surface area contributed by atoms with Gasteiger partial charge in [0.05, 0.1) is 26.4 Å². The number of aliphatic hydroxyl groups is 2. The molecule has 0 radical (unpaired) electrons. The molecule has 0 bridgehead atoms. The number of hydrogen-bond donors (Lipinski definition) is 2. The van der Waals surface area contributed by atoms with Crippen molar-refractivity contribution in [3.8, 4) is 0 Å². The normalized spacial score (nSPS) is 14.3. The molecule has 2 N–H and O–H groups in total. The van der Waals surface area contributed by atoms with Gasteiger partial charge in [-0.1, -0.05) is 0 Å². The third-order valence-corrected chi connectivity index (χ3v) is 3.77. The molecule has 0 aliphatic heterocycles. The SMILES string of the molecule is CCOP(=S)(OCC)OC[C@H](O)CO. The van der Waals surface area contributed by atoms with Crippen molar-refractivity contribution in [2.75, 3.05) is 26.4 Å². The van der Waals surface area contributed by atoms with E-state index in [1.807, 2.05) is 0 Å². The van der Waals surface area contributed by atoms with E-state index in [1.165, 1.54) is 0 Å². The molecule has 5 nitrogen and oxygen atoms in total. The summed E-state index contributed by atoms with van der Waals surface area (Å²) in [7, 11) is 0. The van der Waals surface area contributed by atoms with Gasteiger partial charge in [0.15, 0.2) is 0 Å². The van der Waals surface area contributed by atoms with E-state index < -0.39 is 12.8 Å². The molecule has 0 spiro atoms. The fourth-order valence-electron chi connectivity index (χ4n) is 0.658. The minimum Gasteiger partial charge on any atom is -0.394 e. The van der Waals surface area contributed by atoms with Crippen LogP contribution in [0.1, 0.15) is 13.8 Å². The molecule has 0 aromatic rings. The van der Waals surface area contributed by atoms with Gasteiger partial charge in [0.2, 0.25) is 0 Å². The van der Waals surface area contributed by atoms with E-state index in [0.29, 0.717) is 13.2 Å². The highest BCUT2D eigenvalue weighted by atomic mass is 32.5. The number of aliphatic hydroxyl groups excluding tert-OH is 2. The van der Waals surface area contributed by atoms with Crippen molar-refractivity contribution in [3.05, 3.63) is 0 Å². The Kier molecular flexibility index (Phi) is 7.95. The van der Waals surface area contributed by atoms with E-state index in [1.54, 1.807) is 13.8 Å². The van der Waals surface area contributed by atoms with Gasteiger partial charge >= 0.3 is 6.72 Å². The topological polar surface area (TPSA) is 68.2 Å². The summed E-state index contributed by atoms with van der Waals surface area (Å²) in [6.45, 7) is 1.19. The molecular weight excluding hydrogens is 227 g/mol. The van der Waals surface area contributed by atoms with Gasteiger partial charge in [-0.25, -0.2) is 0 Å². The van der Waals surface area contributed by atoms with Gasteiger partial charge in [0.1, 0.15) is 6.10 Å². The number of hydrogen-bond acceptors (Lipinski definition) is 6. The molecule has 0 saturated heterocycles. The van der Waals surface area contributed by atoms with Crippen LogP contribution in [-0.2, 0) is 25.4 Å². The summed E-state index contributed by atoms with van der Waals surface area (Å²) in [6.07, 6.45) is -0.946. The van der Waals surface area contributed by atoms with Crippen molar-refractivity contribution >= 4 is 18.5 Å². The average Bonchev–Trinajstić information content (AvgIpc) is 2.15. The Balaban J connectivity index is 4.02. The smallest absolute Gasteiger partial charge is 0.327 e. The van der Waals surface area contributed by atoms with Crippen molar-refractivity contribution in [2.24, 2.45) is 0 Å². The highest BCUT2D eigenvalue weighted by Gasteiger charge is 2.20. The second kappa shape index (κ2) is 7.70. The van der Waals surface area contributed by atoms with Crippen molar-refractivity contribution in [1.82, 2.24) is 0 Å². The molecule has 0 aliphatic rings. The van der Waals surface area contributed by atoms with Crippen LogP contribution in [0.15, 0.2) is 0 Å². The van der Waals surface area contributed by atoms with E-state index >= 15 is 0 Å². The quantitative estimate of drug-likeness (QED) is 0.611. The molecule has 0 saturated carbocycles. The summed E-state index contributed by atoms with van der Waals surface area (Å²) >= 11 is 5.02. The maximum absolute atomic E-state index is 9.04. The molecule has 0 fully saturated rings. The first-order valence-corrected chi connectivity index (χ1v) is 6.96. The summed E-state index contributed by atoms with van der Waals surface area (Å²) in [5.41, 5.74) is 0. The van der Waals surface area contributed by atoms with Crippen molar-refractivity contribution in [3.63, 3.8) is 0 Å². The lowest BCUT2D eigenvalue weighted by Crippen LogP contribution is -2.19. The van der Waals surface area contributed by atoms with Crippen LogP contribution in [0.2, 0.25) is 0 Å². The molecule has 0 heterocycles. The lowest BCUT2D eigenvalue weighted by Gasteiger charge is -2.21. The standard InChI is InChI=1S/C7H17O5PS/c1-3-10-13(14,11-4-2)12-6-7(9)5-8/h7-9H,3-6H2,1-2H3/t7-/m1/s1. The Morgan fingerprint density at radius 1 is 1.21 bits per heavy atom. The molecule has 1 atom stereocenters. The zero-order chi connectivity index (χ0) is 11.0. The van der Waals surface area contributed by atoms with Gasteiger partial charge in [-0.15, -0.1) is 0 Å². The zero-order valence-electron chi connectivity index (χ0n) is 8.38. The lowest BCUT2D eigenvalue weighted by atomic mass is 10.4. The van der Waals surface area contributed by atoms with E-state index in [9.17, 15) is 0 Å². The third kappa shape index (κ3) is 6.03. The molecular formula is C7H17O5PS. The summed E-state index contributed by atoms with van der Waals surface area (Å²) in [5.74, 6) is 0. The molecule has 0 rings (SSSR count). The predicted molar refractivity (Wildman–Crippen MR) is 56.6 cm³/mol. The van der Waals surface area contributed by atoms with Crippen LogP contribution in [0.25, 0.3) is 0 Å². The second-order valence-corrected chi connectivity index (χ2v) is 5.43. The second-order valence-electron chi connectivity index (χ2n) is 2.41. The Labute approximate surface area is 89.2 Å². The number of rotatable bonds is 8. The van der Waals surface area contributed by atoms with E-state index in [2.05, 4.69) is 0 Å². The van der Waals surface area contributed by atoms with Gasteiger partial charge < -0.3 is 23.8 Å². The Morgan fingerprint density at radius 2 is 1.71 bits per heavy atom. The van der Waals surface area contributed by atoms with E-state index in [0.717, 1.165) is 0 Å². The molecule has 0 amide bonds. The van der Waals surface area contributed by atoms with E-state index in [4.69, 9.17) is 35.6 Å². The van der Waals surface area contributed by atoms with Gasteiger partial charge in [-0.05, 0) is 25.7 Å². The first-order valence-electron chi connectivity index (χ1n) is 4.40. The van der Waals surface area contributed by atoms with Gasteiger partial charge in [0.25, 0.3) is 0 Å². The van der Waals surface area contributed by atoms with Crippen molar-refractivity contribution in [2.45, 2.75) is 20.0 Å². The first-order chi connectivity index (χ1) is 6.58. The zero-order valence-corrected chi connectivity index (χ0v) is 10.1. The summed E-state index contributed by atoms with van der Waals surface area (Å²) in [4.78, 5) is 0. The Hall–Kier alpha value is 0.450. The van der Waals surface area contributed by atoms with Crippen LogP contribution in [0.5, 0.6) is 0 Å². The highest BCUT2D eigenvalue weighted by Crippen LogP contribution is 2.49. The molecule has 14 heavy (non-hydrogen) atoms. The minimum atomic E-state index is -2.72. The first kappa shape index (κ1) is 14.5. The summed E-state index contributed by atoms with van der Waals surface area (Å²) in [6, 6.07) is 0. The molecule has 7 heteroatoms. The molecule has 86 valence electrons. The monoisotopic (exact) mass is 244 g/mol. The Morgan fingerprint density at radius 3 is 2.07 bits per heavy atom. The minimum absolute atomic E-state index is 0.0756. The van der Waals surface area contributed by atoms with Gasteiger partial charge in [-0.2, -0.15) is 0 Å². The maximum Gasteiger partial charge on any atom is 0.327 e. The molecule has 0 aromatic carbocycles. The van der Waals surface area contributed by atoms with Crippen LogP contribution in [0.3, 0.4) is 0 Å². The van der Waals surface area contributed by atoms with Crippen molar-refractivity contribution < 1.29 is 23.8 Å². The van der Waals surface area contributed by atoms with E-state index in [-0.39, 0.29) is 13.2 Å². The molecule has 0 aliphatic carbocycles. The largest absolute Gasteiger partial charge is 0.394 e. The summed E-state index contributed by atoms with van der Waals surface area (Å²) < 4.78 is 15.4. The highest BCUT2D eigenvalue weighted by molar-refractivity contribution is 8.07. The van der Waals surface area contributed by atoms with Crippen LogP contribution in [0, 0.1) is 0 Å². The van der Waals surface area contributed by atoms with Crippen LogP contribution >= 0.6 is 6.72 Å². The van der Waals surface area contributed by atoms with Crippen LogP contribution < -0.4 is 0 Å². The van der Waals surface area contributed by atoms with Crippen LogP contribution in [-0.4, -0.2) is 42.7 Å². The average molecular weight is 244 g/mol. The third-order valence-electron chi connectivity index (χ3n) is 1.21.